The SMILES string of the molecule is COc1ccc([C@H](C)NCc2ccc(CO)cc2)cc1. The van der Waals surface area contributed by atoms with Gasteiger partial charge in [-0.1, -0.05) is 36.4 Å². The molecule has 2 aromatic rings. The topological polar surface area (TPSA) is 41.5 Å². The van der Waals surface area contributed by atoms with Crippen LogP contribution in [0.4, 0.5) is 0 Å². The number of methoxy groups -OCH3 is 1. The molecule has 0 bridgehead atoms. The number of benzene rings is 2. The minimum atomic E-state index is 0.0932. The smallest absolute Gasteiger partial charge is 0.118 e. The Balaban J connectivity index is 1.91. The van der Waals surface area contributed by atoms with Gasteiger partial charge in [-0.05, 0) is 35.7 Å². The van der Waals surface area contributed by atoms with Crippen molar-refractivity contribution in [3.05, 3.63) is 65.2 Å². The Morgan fingerprint density at radius 1 is 1.00 bits per heavy atom. The van der Waals surface area contributed by atoms with Gasteiger partial charge in [0.2, 0.25) is 0 Å². The van der Waals surface area contributed by atoms with Crippen LogP contribution in [0.1, 0.15) is 29.7 Å². The van der Waals surface area contributed by atoms with Gasteiger partial charge in [0.25, 0.3) is 0 Å². The molecular weight excluding hydrogens is 250 g/mol. The predicted octanol–water partition coefficient (Wildman–Crippen LogP) is 3.04. The summed E-state index contributed by atoms with van der Waals surface area (Å²) in [4.78, 5) is 0. The van der Waals surface area contributed by atoms with E-state index in [1.54, 1.807) is 7.11 Å². The third-order valence-corrected chi connectivity index (χ3v) is 3.43. The first kappa shape index (κ1) is 14.6. The number of rotatable bonds is 6. The molecule has 1 atom stereocenters. The molecule has 2 N–H and O–H groups in total. The minimum absolute atomic E-state index is 0.0932. The quantitative estimate of drug-likeness (QED) is 0.848. The van der Waals surface area contributed by atoms with Crippen LogP contribution >= 0.6 is 0 Å². The summed E-state index contributed by atoms with van der Waals surface area (Å²) in [6, 6.07) is 16.4. The molecule has 106 valence electrons. The fraction of sp³-hybridized carbons (Fsp3) is 0.294. The Morgan fingerprint density at radius 3 is 2.15 bits per heavy atom. The fourth-order valence-corrected chi connectivity index (χ4v) is 2.04. The van der Waals surface area contributed by atoms with Crippen molar-refractivity contribution in [3.63, 3.8) is 0 Å². The van der Waals surface area contributed by atoms with Gasteiger partial charge in [-0.2, -0.15) is 0 Å². The zero-order valence-electron chi connectivity index (χ0n) is 12.0. The van der Waals surface area contributed by atoms with Crippen LogP contribution in [0.15, 0.2) is 48.5 Å². The molecule has 0 aliphatic rings. The molecule has 3 nitrogen and oxygen atoms in total. The van der Waals surface area contributed by atoms with Crippen molar-refractivity contribution in [2.75, 3.05) is 7.11 Å². The van der Waals surface area contributed by atoms with Gasteiger partial charge in [-0.15, -0.1) is 0 Å². The van der Waals surface area contributed by atoms with Crippen LogP contribution in [-0.4, -0.2) is 12.2 Å². The number of ether oxygens (including phenoxy) is 1. The molecule has 0 fully saturated rings. The molecule has 0 unspecified atom stereocenters. The van der Waals surface area contributed by atoms with E-state index in [0.29, 0.717) is 0 Å². The summed E-state index contributed by atoms with van der Waals surface area (Å²) in [6.45, 7) is 3.04. The highest BCUT2D eigenvalue weighted by atomic mass is 16.5. The summed E-state index contributed by atoms with van der Waals surface area (Å²) in [6.07, 6.45) is 0. The van der Waals surface area contributed by atoms with E-state index in [9.17, 15) is 0 Å². The molecule has 0 radical (unpaired) electrons. The number of hydrogen-bond acceptors (Lipinski definition) is 3. The summed E-state index contributed by atoms with van der Waals surface area (Å²) in [5.41, 5.74) is 3.39. The second kappa shape index (κ2) is 7.08. The van der Waals surface area contributed by atoms with Gasteiger partial charge in [0.05, 0.1) is 13.7 Å². The first-order chi connectivity index (χ1) is 9.72. The molecular formula is C17H21NO2. The lowest BCUT2D eigenvalue weighted by Crippen LogP contribution is -2.18. The van der Waals surface area contributed by atoms with E-state index >= 15 is 0 Å². The highest BCUT2D eigenvalue weighted by Gasteiger charge is 2.05. The molecule has 0 spiro atoms. The first-order valence-electron chi connectivity index (χ1n) is 6.79. The van der Waals surface area contributed by atoms with Crippen LogP contribution in [0.5, 0.6) is 5.75 Å². The standard InChI is InChI=1S/C17H21NO2/c1-13(16-7-9-17(20-2)10-8-16)18-11-14-3-5-15(12-19)6-4-14/h3-10,13,18-19H,11-12H2,1-2H3/t13-/m0/s1. The van der Waals surface area contributed by atoms with E-state index in [1.165, 1.54) is 11.1 Å². The molecule has 0 amide bonds. The Hall–Kier alpha value is -1.84. The van der Waals surface area contributed by atoms with Gasteiger partial charge in [-0.25, -0.2) is 0 Å². The van der Waals surface area contributed by atoms with Gasteiger partial charge >= 0.3 is 0 Å². The van der Waals surface area contributed by atoms with Crippen LogP contribution in [0, 0.1) is 0 Å². The van der Waals surface area contributed by atoms with Gasteiger partial charge in [0.15, 0.2) is 0 Å². The molecule has 0 aliphatic heterocycles. The van der Waals surface area contributed by atoms with E-state index in [0.717, 1.165) is 17.9 Å². The van der Waals surface area contributed by atoms with Crippen molar-refractivity contribution in [2.45, 2.75) is 26.1 Å². The molecule has 2 aromatic carbocycles. The third-order valence-electron chi connectivity index (χ3n) is 3.43. The maximum atomic E-state index is 9.01. The van der Waals surface area contributed by atoms with Crippen LogP contribution in [-0.2, 0) is 13.2 Å². The molecule has 0 aromatic heterocycles. The molecule has 0 saturated heterocycles. The Morgan fingerprint density at radius 2 is 1.60 bits per heavy atom. The Bertz CT molecular complexity index is 520. The number of aliphatic hydroxyl groups excluding tert-OH is 1. The third kappa shape index (κ3) is 3.83. The molecule has 20 heavy (non-hydrogen) atoms. The van der Waals surface area contributed by atoms with Crippen molar-refractivity contribution < 1.29 is 9.84 Å². The van der Waals surface area contributed by atoms with Crippen molar-refractivity contribution >= 4 is 0 Å². The normalized spacial score (nSPS) is 12.2. The molecule has 3 heteroatoms. The van der Waals surface area contributed by atoms with E-state index in [1.807, 2.05) is 36.4 Å². The van der Waals surface area contributed by atoms with Crippen molar-refractivity contribution in [1.82, 2.24) is 5.32 Å². The van der Waals surface area contributed by atoms with E-state index in [-0.39, 0.29) is 12.6 Å². The van der Waals surface area contributed by atoms with Crippen molar-refractivity contribution in [3.8, 4) is 5.75 Å². The van der Waals surface area contributed by atoms with Crippen molar-refractivity contribution in [1.29, 1.82) is 0 Å². The predicted molar refractivity (Wildman–Crippen MR) is 80.6 cm³/mol. The highest BCUT2D eigenvalue weighted by molar-refractivity contribution is 5.29. The number of aliphatic hydroxyl groups is 1. The summed E-state index contributed by atoms with van der Waals surface area (Å²) in [5.74, 6) is 0.876. The van der Waals surface area contributed by atoms with Crippen LogP contribution < -0.4 is 10.1 Å². The lowest BCUT2D eigenvalue weighted by Gasteiger charge is -2.15. The maximum absolute atomic E-state index is 9.01. The van der Waals surface area contributed by atoms with Gasteiger partial charge < -0.3 is 15.2 Å². The lowest BCUT2D eigenvalue weighted by atomic mass is 10.1. The summed E-state index contributed by atoms with van der Waals surface area (Å²) >= 11 is 0. The summed E-state index contributed by atoms with van der Waals surface area (Å²) in [7, 11) is 1.67. The van der Waals surface area contributed by atoms with Crippen LogP contribution in [0.3, 0.4) is 0 Å². The highest BCUT2D eigenvalue weighted by Crippen LogP contribution is 2.17. The number of hydrogen-bond donors (Lipinski definition) is 2. The second-order valence-electron chi connectivity index (χ2n) is 4.85. The largest absolute Gasteiger partial charge is 0.497 e. The van der Waals surface area contributed by atoms with Crippen molar-refractivity contribution in [2.24, 2.45) is 0 Å². The average Bonchev–Trinajstić information content (AvgIpc) is 2.53. The van der Waals surface area contributed by atoms with Gasteiger partial charge in [-0.3, -0.25) is 0 Å². The maximum Gasteiger partial charge on any atom is 0.118 e. The Kier molecular flexibility index (Phi) is 5.16. The summed E-state index contributed by atoms with van der Waals surface area (Å²) in [5, 5.41) is 12.5. The van der Waals surface area contributed by atoms with Crippen LogP contribution in [0.2, 0.25) is 0 Å². The van der Waals surface area contributed by atoms with Crippen LogP contribution in [0.25, 0.3) is 0 Å². The van der Waals surface area contributed by atoms with E-state index < -0.39 is 0 Å². The number of nitrogens with one attached hydrogen (secondary N) is 1. The second-order valence-corrected chi connectivity index (χ2v) is 4.85. The molecule has 0 saturated carbocycles. The molecule has 0 heterocycles. The van der Waals surface area contributed by atoms with Gasteiger partial charge in [0.1, 0.15) is 5.75 Å². The van der Waals surface area contributed by atoms with E-state index in [4.69, 9.17) is 9.84 Å². The first-order valence-corrected chi connectivity index (χ1v) is 6.79. The zero-order chi connectivity index (χ0) is 14.4. The van der Waals surface area contributed by atoms with E-state index in [2.05, 4.69) is 24.4 Å². The lowest BCUT2D eigenvalue weighted by molar-refractivity contribution is 0.282. The summed E-state index contributed by atoms with van der Waals surface area (Å²) < 4.78 is 5.16. The monoisotopic (exact) mass is 271 g/mol. The molecule has 2 rings (SSSR count). The van der Waals surface area contributed by atoms with Gasteiger partial charge in [0, 0.05) is 12.6 Å². The zero-order valence-corrected chi connectivity index (χ0v) is 12.0. The fourth-order valence-electron chi connectivity index (χ4n) is 2.04. The minimum Gasteiger partial charge on any atom is -0.497 e. The Labute approximate surface area is 120 Å². The average molecular weight is 271 g/mol. The molecule has 0 aliphatic carbocycles.